The van der Waals surface area contributed by atoms with Crippen LogP contribution >= 0.6 is 0 Å². The van der Waals surface area contributed by atoms with Gasteiger partial charge in [-0.25, -0.2) is 0 Å². The molecule has 0 unspecified atom stereocenters. The van der Waals surface area contributed by atoms with Gasteiger partial charge in [0.1, 0.15) is 0 Å². The fourth-order valence-electron chi connectivity index (χ4n) is 2.36. The first-order chi connectivity index (χ1) is 8.74. The van der Waals surface area contributed by atoms with Crippen molar-refractivity contribution in [3.8, 4) is 0 Å². The zero-order valence-electron chi connectivity index (χ0n) is 10.8. The highest BCUT2D eigenvalue weighted by Crippen LogP contribution is 2.28. The van der Waals surface area contributed by atoms with E-state index in [1.165, 1.54) is 25.7 Å². The van der Waals surface area contributed by atoms with E-state index in [2.05, 4.69) is 12.2 Å². The van der Waals surface area contributed by atoms with Crippen LogP contribution in [0.1, 0.15) is 54.9 Å². The standard InChI is InChI=1S/C15H19NO2/c1-2-3-4-5-6-8-11-9-7-10-12-13(11)16-15(18)14(12)17/h7,9-10H,2-6,8H2,1H3,(H,16,17,18). The van der Waals surface area contributed by atoms with Crippen LogP contribution in [-0.2, 0) is 11.2 Å². The Morgan fingerprint density at radius 2 is 1.83 bits per heavy atom. The molecule has 1 aromatic rings. The van der Waals surface area contributed by atoms with E-state index in [0.717, 1.165) is 24.1 Å². The summed E-state index contributed by atoms with van der Waals surface area (Å²) in [6, 6.07) is 5.58. The van der Waals surface area contributed by atoms with Crippen LogP contribution in [0.5, 0.6) is 0 Å². The van der Waals surface area contributed by atoms with E-state index in [4.69, 9.17) is 0 Å². The summed E-state index contributed by atoms with van der Waals surface area (Å²) in [7, 11) is 0. The van der Waals surface area contributed by atoms with Crippen LogP contribution in [0.4, 0.5) is 5.69 Å². The van der Waals surface area contributed by atoms with Gasteiger partial charge in [0.15, 0.2) is 0 Å². The number of benzene rings is 1. The maximum Gasteiger partial charge on any atom is 0.296 e. The van der Waals surface area contributed by atoms with E-state index < -0.39 is 11.7 Å². The predicted octanol–water partition coefficient (Wildman–Crippen LogP) is 3.33. The Morgan fingerprint density at radius 1 is 1.06 bits per heavy atom. The number of Topliss-reactive ketones (excluding diaryl/α,β-unsaturated/α-hetero) is 1. The van der Waals surface area contributed by atoms with Crippen molar-refractivity contribution in [2.24, 2.45) is 0 Å². The first-order valence-electron chi connectivity index (χ1n) is 6.71. The molecule has 1 aliphatic rings. The van der Waals surface area contributed by atoms with Gasteiger partial charge in [-0.3, -0.25) is 9.59 Å². The Labute approximate surface area is 108 Å². The molecule has 1 aromatic carbocycles. The molecule has 0 saturated heterocycles. The van der Waals surface area contributed by atoms with Crippen LogP contribution in [0.15, 0.2) is 18.2 Å². The lowest BCUT2D eigenvalue weighted by atomic mass is 10.0. The third-order valence-corrected chi connectivity index (χ3v) is 3.39. The zero-order valence-corrected chi connectivity index (χ0v) is 10.8. The van der Waals surface area contributed by atoms with Crippen LogP contribution in [0.3, 0.4) is 0 Å². The van der Waals surface area contributed by atoms with E-state index in [-0.39, 0.29) is 0 Å². The number of carbonyl (C=O) groups is 2. The summed E-state index contributed by atoms with van der Waals surface area (Å²) in [6.45, 7) is 2.20. The third kappa shape index (κ3) is 2.61. The van der Waals surface area contributed by atoms with E-state index in [1.807, 2.05) is 12.1 Å². The summed E-state index contributed by atoms with van der Waals surface area (Å²) < 4.78 is 0. The zero-order chi connectivity index (χ0) is 13.0. The average Bonchev–Trinajstić information content (AvgIpc) is 2.66. The largest absolute Gasteiger partial charge is 0.318 e. The van der Waals surface area contributed by atoms with Gasteiger partial charge in [0, 0.05) is 0 Å². The van der Waals surface area contributed by atoms with Gasteiger partial charge in [-0.05, 0) is 24.5 Å². The number of unbranched alkanes of at least 4 members (excludes halogenated alkanes) is 4. The highest BCUT2D eigenvalue weighted by molar-refractivity contribution is 6.51. The number of amides is 1. The Kier molecular flexibility index (Phi) is 4.13. The van der Waals surface area contributed by atoms with Crippen molar-refractivity contribution in [2.75, 3.05) is 5.32 Å². The number of hydrogen-bond donors (Lipinski definition) is 1. The molecule has 0 aliphatic carbocycles. The van der Waals surface area contributed by atoms with Gasteiger partial charge in [-0.2, -0.15) is 0 Å². The molecule has 18 heavy (non-hydrogen) atoms. The Bertz CT molecular complexity index is 466. The summed E-state index contributed by atoms with van der Waals surface area (Å²) >= 11 is 0. The fraction of sp³-hybridized carbons (Fsp3) is 0.467. The average molecular weight is 245 g/mol. The van der Waals surface area contributed by atoms with E-state index in [0.29, 0.717) is 5.56 Å². The second-order valence-corrected chi connectivity index (χ2v) is 4.79. The number of hydrogen-bond acceptors (Lipinski definition) is 2. The number of aryl methyl sites for hydroxylation is 1. The smallest absolute Gasteiger partial charge is 0.296 e. The van der Waals surface area contributed by atoms with Gasteiger partial charge in [-0.15, -0.1) is 0 Å². The van der Waals surface area contributed by atoms with Crippen molar-refractivity contribution in [3.63, 3.8) is 0 Å². The molecule has 0 radical (unpaired) electrons. The van der Waals surface area contributed by atoms with Crippen LogP contribution in [-0.4, -0.2) is 11.7 Å². The van der Waals surface area contributed by atoms with Crippen LogP contribution < -0.4 is 5.32 Å². The predicted molar refractivity (Wildman–Crippen MR) is 71.9 cm³/mol. The Hall–Kier alpha value is -1.64. The second-order valence-electron chi connectivity index (χ2n) is 4.79. The van der Waals surface area contributed by atoms with E-state index >= 15 is 0 Å². The number of carbonyl (C=O) groups excluding carboxylic acids is 2. The molecule has 1 amide bonds. The third-order valence-electron chi connectivity index (χ3n) is 3.39. The first-order valence-corrected chi connectivity index (χ1v) is 6.71. The minimum absolute atomic E-state index is 0.405. The summed E-state index contributed by atoms with van der Waals surface area (Å²) in [5.41, 5.74) is 2.36. The van der Waals surface area contributed by atoms with Gasteiger partial charge in [0.2, 0.25) is 0 Å². The lowest BCUT2D eigenvalue weighted by Crippen LogP contribution is -2.12. The molecular formula is C15H19NO2. The number of ketones is 1. The maximum atomic E-state index is 11.6. The minimum Gasteiger partial charge on any atom is -0.318 e. The van der Waals surface area contributed by atoms with Gasteiger partial charge in [0.05, 0.1) is 11.3 Å². The van der Waals surface area contributed by atoms with Gasteiger partial charge >= 0.3 is 0 Å². The van der Waals surface area contributed by atoms with Crippen molar-refractivity contribution >= 4 is 17.4 Å². The van der Waals surface area contributed by atoms with E-state index in [1.54, 1.807) is 6.07 Å². The Balaban J connectivity index is 1.99. The normalized spacial score (nSPS) is 13.6. The number of para-hydroxylation sites is 1. The Morgan fingerprint density at radius 3 is 2.61 bits per heavy atom. The molecule has 0 spiro atoms. The number of rotatable bonds is 6. The fourth-order valence-corrected chi connectivity index (χ4v) is 2.36. The quantitative estimate of drug-likeness (QED) is 0.617. The van der Waals surface area contributed by atoms with Crippen molar-refractivity contribution in [2.45, 2.75) is 45.4 Å². The molecule has 1 N–H and O–H groups in total. The molecule has 96 valence electrons. The molecule has 0 saturated carbocycles. The highest BCUT2D eigenvalue weighted by atomic mass is 16.2. The number of fused-ring (bicyclic) bond motifs is 1. The molecular weight excluding hydrogens is 226 g/mol. The van der Waals surface area contributed by atoms with Gasteiger partial charge in [0.25, 0.3) is 11.7 Å². The molecule has 2 rings (SSSR count). The molecule has 0 atom stereocenters. The number of nitrogens with one attached hydrogen (secondary N) is 1. The molecule has 1 aliphatic heterocycles. The SMILES string of the molecule is CCCCCCCc1cccc2c1NC(=O)C2=O. The minimum atomic E-state index is -0.497. The van der Waals surface area contributed by atoms with Crippen molar-refractivity contribution in [1.82, 2.24) is 0 Å². The molecule has 0 aromatic heterocycles. The van der Waals surface area contributed by atoms with Crippen LogP contribution in [0.2, 0.25) is 0 Å². The molecule has 1 heterocycles. The second kappa shape index (κ2) is 5.80. The molecule has 0 bridgehead atoms. The van der Waals surface area contributed by atoms with Gasteiger partial charge < -0.3 is 5.32 Å². The molecule has 3 heteroatoms. The highest BCUT2D eigenvalue weighted by Gasteiger charge is 2.29. The molecule has 3 nitrogen and oxygen atoms in total. The van der Waals surface area contributed by atoms with Crippen LogP contribution in [0, 0.1) is 0 Å². The topological polar surface area (TPSA) is 46.2 Å². The van der Waals surface area contributed by atoms with Crippen molar-refractivity contribution in [3.05, 3.63) is 29.3 Å². The summed E-state index contributed by atoms with van der Waals surface area (Å²) in [5.74, 6) is -0.902. The van der Waals surface area contributed by atoms with Crippen LogP contribution in [0.25, 0.3) is 0 Å². The maximum absolute atomic E-state index is 11.6. The number of anilines is 1. The van der Waals surface area contributed by atoms with E-state index in [9.17, 15) is 9.59 Å². The summed E-state index contributed by atoms with van der Waals surface area (Å²) in [4.78, 5) is 22.9. The summed E-state index contributed by atoms with van der Waals surface area (Å²) in [6.07, 6.45) is 7.03. The summed E-state index contributed by atoms with van der Waals surface area (Å²) in [5, 5.41) is 2.68. The monoisotopic (exact) mass is 245 g/mol. The van der Waals surface area contributed by atoms with Crippen molar-refractivity contribution < 1.29 is 9.59 Å². The lowest BCUT2D eigenvalue weighted by molar-refractivity contribution is -0.112. The lowest BCUT2D eigenvalue weighted by Gasteiger charge is -2.07. The van der Waals surface area contributed by atoms with Crippen molar-refractivity contribution in [1.29, 1.82) is 0 Å². The van der Waals surface area contributed by atoms with Gasteiger partial charge in [-0.1, -0.05) is 44.7 Å². The molecule has 0 fully saturated rings. The first kappa shape index (κ1) is 12.8.